The predicted molar refractivity (Wildman–Crippen MR) is 164 cm³/mol. The first kappa shape index (κ1) is 29.4. The van der Waals surface area contributed by atoms with Gasteiger partial charge in [0, 0.05) is 22.3 Å². The lowest BCUT2D eigenvalue weighted by Gasteiger charge is -2.43. The Bertz CT molecular complexity index is 1200. The fourth-order valence-corrected chi connectivity index (χ4v) is 7.49. The van der Waals surface area contributed by atoms with Gasteiger partial charge in [-0.3, -0.25) is 4.21 Å². The molecule has 1 aliphatic carbocycles. The zero-order valence-corrected chi connectivity index (χ0v) is 24.6. The van der Waals surface area contributed by atoms with Gasteiger partial charge in [-0.2, -0.15) is 0 Å². The molecule has 4 rings (SSSR count). The second-order valence-electron chi connectivity index (χ2n) is 11.6. The Kier molecular flexibility index (Phi) is 10.7. The second-order valence-corrected chi connectivity index (χ2v) is 13.3. The van der Waals surface area contributed by atoms with Crippen molar-refractivity contribution in [3.8, 4) is 11.5 Å². The first-order valence-corrected chi connectivity index (χ1v) is 16.4. The standard InChI is InChI=1S/C35H46O3S/c1-3-4-5-8-24-39(38)25-22-28-13-11-27(12-14-28)9-6-7-10-34-33-20-19-32(37)26-29(33)21-23-35(34,2)30-15-17-31(36)18-16-30/h11-20,26,34,36-37H,3-10,21-25H2,1-2H3. The number of benzene rings is 3. The summed E-state index contributed by atoms with van der Waals surface area (Å²) < 4.78 is 12.3. The number of phenols is 2. The average molecular weight is 547 g/mol. The van der Waals surface area contributed by atoms with Crippen LogP contribution in [-0.2, 0) is 35.5 Å². The molecule has 39 heavy (non-hydrogen) atoms. The van der Waals surface area contributed by atoms with Gasteiger partial charge in [0.2, 0.25) is 0 Å². The minimum absolute atomic E-state index is 0.00456. The first-order chi connectivity index (χ1) is 18.9. The number of phenolic OH excluding ortho intramolecular Hbond substituents is 2. The molecule has 3 atom stereocenters. The zero-order valence-electron chi connectivity index (χ0n) is 23.8. The molecule has 0 amide bonds. The number of aryl methyl sites for hydroxylation is 3. The smallest absolute Gasteiger partial charge is 0.115 e. The van der Waals surface area contributed by atoms with Crippen molar-refractivity contribution >= 4 is 10.8 Å². The molecule has 0 saturated carbocycles. The molecule has 3 aromatic carbocycles. The molecule has 0 saturated heterocycles. The second kappa shape index (κ2) is 14.2. The molecule has 210 valence electrons. The molecule has 3 unspecified atom stereocenters. The van der Waals surface area contributed by atoms with E-state index >= 15 is 0 Å². The summed E-state index contributed by atoms with van der Waals surface area (Å²) in [5.41, 5.74) is 6.56. The summed E-state index contributed by atoms with van der Waals surface area (Å²) >= 11 is 0. The highest BCUT2D eigenvalue weighted by Gasteiger charge is 2.40. The van der Waals surface area contributed by atoms with Crippen LogP contribution in [-0.4, -0.2) is 25.9 Å². The molecule has 0 aliphatic heterocycles. The molecule has 4 heteroatoms. The summed E-state index contributed by atoms with van der Waals surface area (Å²) in [6, 6.07) is 22.6. The van der Waals surface area contributed by atoms with Crippen LogP contribution in [0.4, 0.5) is 0 Å². The maximum atomic E-state index is 12.3. The molecule has 2 N–H and O–H groups in total. The summed E-state index contributed by atoms with van der Waals surface area (Å²) in [5, 5.41) is 19.9. The van der Waals surface area contributed by atoms with Crippen LogP contribution in [0.15, 0.2) is 66.7 Å². The van der Waals surface area contributed by atoms with E-state index in [-0.39, 0.29) is 5.41 Å². The molecule has 0 fully saturated rings. The highest BCUT2D eigenvalue weighted by atomic mass is 32.2. The van der Waals surface area contributed by atoms with E-state index in [1.807, 2.05) is 12.1 Å². The molecule has 3 aromatic rings. The topological polar surface area (TPSA) is 57.5 Å². The van der Waals surface area contributed by atoms with E-state index in [2.05, 4.69) is 56.3 Å². The number of rotatable bonds is 14. The Morgan fingerprint density at radius 1 is 0.795 bits per heavy atom. The normalized spacial score (nSPS) is 19.5. The number of hydrogen-bond acceptors (Lipinski definition) is 3. The molecule has 0 bridgehead atoms. The highest BCUT2D eigenvalue weighted by Crippen LogP contribution is 2.50. The summed E-state index contributed by atoms with van der Waals surface area (Å²) in [6.45, 7) is 4.58. The number of unbranched alkanes of at least 4 members (excludes halogenated alkanes) is 4. The Balaban J connectivity index is 1.31. The van der Waals surface area contributed by atoms with Gasteiger partial charge in [-0.1, -0.05) is 82.0 Å². The third kappa shape index (κ3) is 7.97. The van der Waals surface area contributed by atoms with Gasteiger partial charge in [0.15, 0.2) is 0 Å². The van der Waals surface area contributed by atoms with E-state index in [1.165, 1.54) is 47.1 Å². The SMILES string of the molecule is CCCCCCS(=O)CCc1ccc(CCCCC2c3ccc(O)cc3CCC2(C)c2ccc(O)cc2)cc1. The van der Waals surface area contributed by atoms with Crippen LogP contribution in [0.2, 0.25) is 0 Å². The van der Waals surface area contributed by atoms with Gasteiger partial charge in [-0.25, -0.2) is 0 Å². The summed E-state index contributed by atoms with van der Waals surface area (Å²) in [7, 11) is -0.703. The Labute approximate surface area is 238 Å². The van der Waals surface area contributed by atoms with Crippen LogP contribution >= 0.6 is 0 Å². The summed E-state index contributed by atoms with van der Waals surface area (Å²) in [6.07, 6.45) is 12.1. The molecule has 0 aromatic heterocycles. The third-order valence-corrected chi connectivity index (χ3v) is 10.2. The van der Waals surface area contributed by atoms with E-state index in [1.54, 1.807) is 12.1 Å². The van der Waals surface area contributed by atoms with E-state index in [0.717, 1.165) is 62.9 Å². The third-order valence-electron chi connectivity index (χ3n) is 8.79. The Morgan fingerprint density at radius 2 is 1.49 bits per heavy atom. The number of aromatic hydroxyl groups is 2. The molecule has 3 nitrogen and oxygen atoms in total. The van der Waals surface area contributed by atoms with E-state index in [9.17, 15) is 14.4 Å². The van der Waals surface area contributed by atoms with Crippen molar-refractivity contribution < 1.29 is 14.4 Å². The van der Waals surface area contributed by atoms with Crippen molar-refractivity contribution in [1.82, 2.24) is 0 Å². The van der Waals surface area contributed by atoms with Crippen molar-refractivity contribution in [2.24, 2.45) is 0 Å². The van der Waals surface area contributed by atoms with Gasteiger partial charge in [0.1, 0.15) is 11.5 Å². The van der Waals surface area contributed by atoms with Crippen LogP contribution in [0.1, 0.15) is 98.9 Å². The van der Waals surface area contributed by atoms with Crippen molar-refractivity contribution in [2.45, 2.75) is 95.8 Å². The molecule has 1 aliphatic rings. The minimum Gasteiger partial charge on any atom is -0.508 e. The lowest BCUT2D eigenvalue weighted by atomic mass is 9.60. The van der Waals surface area contributed by atoms with E-state index in [4.69, 9.17) is 0 Å². The fourth-order valence-electron chi connectivity index (χ4n) is 6.30. The average Bonchev–Trinajstić information content (AvgIpc) is 2.94. The zero-order chi connectivity index (χ0) is 27.7. The van der Waals surface area contributed by atoms with Crippen molar-refractivity contribution in [1.29, 1.82) is 0 Å². The predicted octanol–water partition coefficient (Wildman–Crippen LogP) is 8.37. The fraction of sp³-hybridized carbons (Fsp3) is 0.486. The largest absolute Gasteiger partial charge is 0.508 e. The van der Waals surface area contributed by atoms with Crippen molar-refractivity contribution in [3.63, 3.8) is 0 Å². The highest BCUT2D eigenvalue weighted by molar-refractivity contribution is 7.84. The lowest BCUT2D eigenvalue weighted by Crippen LogP contribution is -2.35. The van der Waals surface area contributed by atoms with Crippen LogP contribution in [0.5, 0.6) is 11.5 Å². The summed E-state index contributed by atoms with van der Waals surface area (Å²) in [5.74, 6) is 2.64. The van der Waals surface area contributed by atoms with Crippen molar-refractivity contribution in [3.05, 3.63) is 94.5 Å². The van der Waals surface area contributed by atoms with Crippen LogP contribution in [0.3, 0.4) is 0 Å². The molecule has 0 spiro atoms. The molecule has 0 heterocycles. The van der Waals surface area contributed by atoms with Crippen molar-refractivity contribution in [2.75, 3.05) is 11.5 Å². The quantitative estimate of drug-likeness (QED) is 0.200. The first-order valence-electron chi connectivity index (χ1n) is 14.9. The van der Waals surface area contributed by atoms with Gasteiger partial charge >= 0.3 is 0 Å². The molecular weight excluding hydrogens is 500 g/mol. The van der Waals surface area contributed by atoms with Gasteiger partial charge in [-0.15, -0.1) is 0 Å². The molecular formula is C35H46O3S. The monoisotopic (exact) mass is 546 g/mol. The lowest BCUT2D eigenvalue weighted by molar-refractivity contribution is 0.305. The summed E-state index contributed by atoms with van der Waals surface area (Å²) in [4.78, 5) is 0. The number of fused-ring (bicyclic) bond motifs is 1. The Hall–Kier alpha value is -2.59. The maximum absolute atomic E-state index is 12.3. The maximum Gasteiger partial charge on any atom is 0.115 e. The van der Waals surface area contributed by atoms with Crippen LogP contribution in [0.25, 0.3) is 0 Å². The van der Waals surface area contributed by atoms with Gasteiger partial charge in [0.05, 0.1) is 0 Å². The van der Waals surface area contributed by atoms with Gasteiger partial charge < -0.3 is 10.2 Å². The van der Waals surface area contributed by atoms with Gasteiger partial charge in [0.25, 0.3) is 0 Å². The Morgan fingerprint density at radius 3 is 2.21 bits per heavy atom. The van der Waals surface area contributed by atoms with Crippen LogP contribution < -0.4 is 0 Å². The van der Waals surface area contributed by atoms with Gasteiger partial charge in [-0.05, 0) is 108 Å². The number of hydrogen-bond donors (Lipinski definition) is 2. The van der Waals surface area contributed by atoms with E-state index in [0.29, 0.717) is 17.4 Å². The van der Waals surface area contributed by atoms with Crippen LogP contribution in [0, 0.1) is 0 Å². The van der Waals surface area contributed by atoms with E-state index < -0.39 is 10.8 Å². The minimum atomic E-state index is -0.703. The molecule has 0 radical (unpaired) electrons.